The van der Waals surface area contributed by atoms with Crippen LogP contribution in [0.4, 0.5) is 5.82 Å². The minimum atomic E-state index is -0.320. The van der Waals surface area contributed by atoms with Crippen molar-refractivity contribution in [3.8, 4) is 0 Å². The van der Waals surface area contributed by atoms with Crippen molar-refractivity contribution in [1.82, 2.24) is 15.3 Å². The summed E-state index contributed by atoms with van der Waals surface area (Å²) in [6.07, 6.45) is 2.68. The van der Waals surface area contributed by atoms with Crippen LogP contribution >= 0.6 is 11.6 Å². The highest BCUT2D eigenvalue weighted by molar-refractivity contribution is 6.31. The van der Waals surface area contributed by atoms with Gasteiger partial charge in [0.05, 0.1) is 18.4 Å². The van der Waals surface area contributed by atoms with E-state index in [1.807, 2.05) is 25.1 Å². The molecule has 0 saturated heterocycles. The van der Waals surface area contributed by atoms with Crippen LogP contribution < -0.4 is 11.1 Å². The molecule has 19 heavy (non-hydrogen) atoms. The van der Waals surface area contributed by atoms with Crippen molar-refractivity contribution >= 4 is 23.3 Å². The molecule has 0 saturated carbocycles. The number of amides is 1. The summed E-state index contributed by atoms with van der Waals surface area (Å²) in [7, 11) is 0. The van der Waals surface area contributed by atoms with Gasteiger partial charge in [-0.25, -0.2) is 9.97 Å². The SMILES string of the molecule is CC(NC(=O)c1cnc(N)cn1)c1ccccc1Cl. The second-order valence-electron chi connectivity index (χ2n) is 4.04. The predicted molar refractivity (Wildman–Crippen MR) is 73.8 cm³/mol. The van der Waals surface area contributed by atoms with Gasteiger partial charge < -0.3 is 11.1 Å². The Hall–Kier alpha value is -2.14. The summed E-state index contributed by atoms with van der Waals surface area (Å²) in [5.74, 6) is -0.0457. The number of hydrogen-bond acceptors (Lipinski definition) is 4. The average Bonchev–Trinajstić information content (AvgIpc) is 2.39. The summed E-state index contributed by atoms with van der Waals surface area (Å²) in [5, 5.41) is 3.42. The molecule has 1 aromatic carbocycles. The number of aromatic nitrogens is 2. The van der Waals surface area contributed by atoms with Gasteiger partial charge in [-0.05, 0) is 18.6 Å². The fourth-order valence-corrected chi connectivity index (χ4v) is 1.93. The molecular formula is C13H13ClN4O. The van der Waals surface area contributed by atoms with Crippen LogP contribution in [0.25, 0.3) is 0 Å². The Labute approximate surface area is 115 Å². The van der Waals surface area contributed by atoms with E-state index in [9.17, 15) is 4.79 Å². The number of anilines is 1. The van der Waals surface area contributed by atoms with E-state index >= 15 is 0 Å². The molecule has 0 aliphatic carbocycles. The minimum absolute atomic E-state index is 0.216. The quantitative estimate of drug-likeness (QED) is 0.900. The molecule has 0 bridgehead atoms. The molecule has 0 aliphatic heterocycles. The summed E-state index contributed by atoms with van der Waals surface area (Å²) in [4.78, 5) is 19.7. The second kappa shape index (κ2) is 5.67. The number of nitrogens with zero attached hydrogens (tertiary/aromatic N) is 2. The second-order valence-corrected chi connectivity index (χ2v) is 4.45. The molecule has 3 N–H and O–H groups in total. The number of rotatable bonds is 3. The Bertz CT molecular complexity index is 585. The molecule has 1 unspecified atom stereocenters. The number of hydrogen-bond donors (Lipinski definition) is 2. The van der Waals surface area contributed by atoms with Gasteiger partial charge in [0, 0.05) is 5.02 Å². The van der Waals surface area contributed by atoms with Crippen LogP contribution in [0.3, 0.4) is 0 Å². The molecule has 5 nitrogen and oxygen atoms in total. The zero-order chi connectivity index (χ0) is 13.8. The Morgan fingerprint density at radius 3 is 2.68 bits per heavy atom. The van der Waals surface area contributed by atoms with E-state index in [1.165, 1.54) is 12.4 Å². The number of benzene rings is 1. The van der Waals surface area contributed by atoms with Crippen molar-refractivity contribution in [3.63, 3.8) is 0 Å². The van der Waals surface area contributed by atoms with Crippen LogP contribution in [-0.2, 0) is 0 Å². The molecule has 1 amide bonds. The van der Waals surface area contributed by atoms with Gasteiger partial charge >= 0.3 is 0 Å². The summed E-state index contributed by atoms with van der Waals surface area (Å²) < 4.78 is 0. The number of carbonyl (C=O) groups excluding carboxylic acids is 1. The predicted octanol–water partition coefficient (Wildman–Crippen LogP) is 2.20. The van der Waals surface area contributed by atoms with Gasteiger partial charge in [-0.15, -0.1) is 0 Å². The monoisotopic (exact) mass is 276 g/mol. The average molecular weight is 277 g/mol. The third kappa shape index (κ3) is 3.20. The molecule has 0 radical (unpaired) electrons. The molecule has 0 spiro atoms. The smallest absolute Gasteiger partial charge is 0.271 e. The van der Waals surface area contributed by atoms with Gasteiger partial charge in [0.25, 0.3) is 5.91 Å². The summed E-state index contributed by atoms with van der Waals surface area (Å²) >= 11 is 6.07. The summed E-state index contributed by atoms with van der Waals surface area (Å²) in [5.41, 5.74) is 6.48. The molecule has 1 atom stereocenters. The Balaban J connectivity index is 2.11. The van der Waals surface area contributed by atoms with E-state index < -0.39 is 0 Å². The van der Waals surface area contributed by atoms with Gasteiger partial charge in [-0.3, -0.25) is 4.79 Å². The fourth-order valence-electron chi connectivity index (χ4n) is 1.63. The van der Waals surface area contributed by atoms with E-state index in [-0.39, 0.29) is 23.5 Å². The Morgan fingerprint density at radius 1 is 1.32 bits per heavy atom. The molecule has 2 rings (SSSR count). The third-order valence-corrected chi connectivity index (χ3v) is 2.97. The molecule has 98 valence electrons. The molecular weight excluding hydrogens is 264 g/mol. The van der Waals surface area contributed by atoms with Crippen molar-refractivity contribution in [2.45, 2.75) is 13.0 Å². The third-order valence-electron chi connectivity index (χ3n) is 2.62. The van der Waals surface area contributed by atoms with E-state index in [0.29, 0.717) is 5.02 Å². The first-order valence-corrected chi connectivity index (χ1v) is 6.08. The van der Waals surface area contributed by atoms with Crippen molar-refractivity contribution in [2.24, 2.45) is 0 Å². The van der Waals surface area contributed by atoms with Crippen LogP contribution in [0.15, 0.2) is 36.7 Å². The highest BCUT2D eigenvalue weighted by Gasteiger charge is 2.14. The van der Waals surface area contributed by atoms with Crippen molar-refractivity contribution < 1.29 is 4.79 Å². The van der Waals surface area contributed by atoms with Crippen LogP contribution in [0, 0.1) is 0 Å². The molecule has 0 aliphatic rings. The van der Waals surface area contributed by atoms with Crippen molar-refractivity contribution in [2.75, 3.05) is 5.73 Å². The molecule has 1 aromatic heterocycles. The first kappa shape index (κ1) is 13.3. The summed E-state index contributed by atoms with van der Waals surface area (Å²) in [6.45, 7) is 1.85. The van der Waals surface area contributed by atoms with Crippen LogP contribution in [0.5, 0.6) is 0 Å². The first-order valence-electron chi connectivity index (χ1n) is 5.70. The topological polar surface area (TPSA) is 80.9 Å². The van der Waals surface area contributed by atoms with E-state index in [2.05, 4.69) is 15.3 Å². The van der Waals surface area contributed by atoms with E-state index in [4.69, 9.17) is 17.3 Å². The lowest BCUT2D eigenvalue weighted by Gasteiger charge is -2.15. The lowest BCUT2D eigenvalue weighted by Crippen LogP contribution is -2.27. The molecule has 2 aromatic rings. The Kier molecular flexibility index (Phi) is 3.97. The lowest BCUT2D eigenvalue weighted by molar-refractivity contribution is 0.0934. The minimum Gasteiger partial charge on any atom is -0.382 e. The maximum atomic E-state index is 12.0. The van der Waals surface area contributed by atoms with Crippen LogP contribution in [0.1, 0.15) is 29.0 Å². The highest BCUT2D eigenvalue weighted by Crippen LogP contribution is 2.22. The standard InChI is InChI=1S/C13H13ClN4O/c1-8(9-4-2-3-5-10(9)14)18-13(19)11-6-17-12(15)7-16-11/h2-8H,1H3,(H2,15,17)(H,18,19). The van der Waals surface area contributed by atoms with E-state index in [0.717, 1.165) is 5.56 Å². The van der Waals surface area contributed by atoms with Gasteiger partial charge in [0.1, 0.15) is 11.5 Å². The van der Waals surface area contributed by atoms with Gasteiger partial charge in [-0.2, -0.15) is 0 Å². The summed E-state index contributed by atoms with van der Waals surface area (Å²) in [6, 6.07) is 7.13. The zero-order valence-electron chi connectivity index (χ0n) is 10.3. The number of halogens is 1. The maximum Gasteiger partial charge on any atom is 0.271 e. The van der Waals surface area contributed by atoms with Gasteiger partial charge in [0.15, 0.2) is 0 Å². The number of carbonyl (C=O) groups is 1. The van der Waals surface area contributed by atoms with Crippen LogP contribution in [0.2, 0.25) is 5.02 Å². The fraction of sp³-hybridized carbons (Fsp3) is 0.154. The van der Waals surface area contributed by atoms with Gasteiger partial charge in [-0.1, -0.05) is 29.8 Å². The maximum absolute atomic E-state index is 12.0. The first-order chi connectivity index (χ1) is 9.08. The zero-order valence-corrected chi connectivity index (χ0v) is 11.1. The van der Waals surface area contributed by atoms with Gasteiger partial charge in [0.2, 0.25) is 0 Å². The number of nitrogens with two attached hydrogens (primary N) is 1. The largest absolute Gasteiger partial charge is 0.382 e. The number of nitrogen functional groups attached to an aromatic ring is 1. The molecule has 0 fully saturated rings. The Morgan fingerprint density at radius 2 is 2.05 bits per heavy atom. The lowest BCUT2D eigenvalue weighted by atomic mass is 10.1. The van der Waals surface area contributed by atoms with Crippen molar-refractivity contribution in [3.05, 3.63) is 52.9 Å². The molecule has 1 heterocycles. The number of nitrogens with one attached hydrogen (secondary N) is 1. The van der Waals surface area contributed by atoms with E-state index in [1.54, 1.807) is 6.07 Å². The normalized spacial score (nSPS) is 11.9. The highest BCUT2D eigenvalue weighted by atomic mass is 35.5. The molecule has 6 heteroatoms. The van der Waals surface area contributed by atoms with Crippen LogP contribution in [-0.4, -0.2) is 15.9 Å². The van der Waals surface area contributed by atoms with Crippen molar-refractivity contribution in [1.29, 1.82) is 0 Å².